The Morgan fingerprint density at radius 3 is 2.40 bits per heavy atom. The van der Waals surface area contributed by atoms with Crippen LogP contribution in [0.1, 0.15) is 17.2 Å². The summed E-state index contributed by atoms with van der Waals surface area (Å²) in [5.41, 5.74) is 1.09. The molecule has 2 N–H and O–H groups in total. The Labute approximate surface area is 96.7 Å². The summed E-state index contributed by atoms with van der Waals surface area (Å²) in [7, 11) is 0. The van der Waals surface area contributed by atoms with E-state index in [-0.39, 0.29) is 24.8 Å². The molecule has 2 rings (SSSR count). The van der Waals surface area contributed by atoms with Crippen LogP contribution in [-0.2, 0) is 19.1 Å². The molecule has 0 aromatic carbocycles. The molecule has 88 valence electrons. The molecule has 15 heavy (non-hydrogen) atoms. The number of H-pyrrole nitrogens is 1. The molecule has 0 bridgehead atoms. The molecule has 1 aromatic rings. The highest BCUT2D eigenvalue weighted by Crippen LogP contribution is 2.28. The number of imidazole rings is 1. The molecule has 0 aliphatic carbocycles. The molecule has 0 saturated carbocycles. The summed E-state index contributed by atoms with van der Waals surface area (Å²) in [6.07, 6.45) is -3.81. The summed E-state index contributed by atoms with van der Waals surface area (Å²) in [6, 6.07) is 0. The molecular weight excluding hydrogens is 254 g/mol. The molecule has 0 spiro atoms. The summed E-state index contributed by atoms with van der Waals surface area (Å²) in [6.45, 7) is 1.13. The van der Waals surface area contributed by atoms with E-state index in [9.17, 15) is 13.2 Å². The van der Waals surface area contributed by atoms with Gasteiger partial charge in [-0.15, -0.1) is 24.8 Å². The average Bonchev–Trinajstić information content (AvgIpc) is 2.45. The Morgan fingerprint density at radius 1 is 1.20 bits per heavy atom. The normalized spacial score (nSPS) is 14.9. The number of hydrogen-bond acceptors (Lipinski definition) is 2. The number of fused-ring (bicyclic) bond motifs is 1. The molecule has 2 heterocycles. The first-order valence-corrected chi connectivity index (χ1v) is 3.93. The van der Waals surface area contributed by atoms with Crippen molar-refractivity contribution in [3.05, 3.63) is 17.2 Å². The highest BCUT2D eigenvalue weighted by Gasteiger charge is 2.35. The average molecular weight is 264 g/mol. The number of rotatable bonds is 0. The first-order chi connectivity index (χ1) is 6.07. The van der Waals surface area contributed by atoms with Crippen LogP contribution < -0.4 is 5.32 Å². The minimum absolute atomic E-state index is 0. The van der Waals surface area contributed by atoms with Gasteiger partial charge in [-0.25, -0.2) is 4.98 Å². The second-order valence-electron chi connectivity index (χ2n) is 2.94. The van der Waals surface area contributed by atoms with Crippen LogP contribution in [0.3, 0.4) is 0 Å². The third kappa shape index (κ3) is 2.99. The van der Waals surface area contributed by atoms with Gasteiger partial charge in [0.2, 0.25) is 5.82 Å². The van der Waals surface area contributed by atoms with Gasteiger partial charge in [-0.05, 0) is 0 Å². The predicted molar refractivity (Wildman–Crippen MR) is 53.5 cm³/mol. The molecule has 1 aromatic heterocycles. The van der Waals surface area contributed by atoms with Crippen molar-refractivity contribution in [1.82, 2.24) is 15.3 Å². The van der Waals surface area contributed by atoms with Crippen LogP contribution in [0.5, 0.6) is 0 Å². The zero-order valence-corrected chi connectivity index (χ0v) is 9.15. The van der Waals surface area contributed by atoms with Gasteiger partial charge in [-0.2, -0.15) is 13.2 Å². The van der Waals surface area contributed by atoms with Crippen molar-refractivity contribution in [2.45, 2.75) is 19.1 Å². The summed E-state index contributed by atoms with van der Waals surface area (Å²) in [5, 5.41) is 2.97. The Morgan fingerprint density at radius 2 is 1.87 bits per heavy atom. The summed E-state index contributed by atoms with van der Waals surface area (Å²) in [5.74, 6) is -0.888. The van der Waals surface area contributed by atoms with E-state index in [1.165, 1.54) is 0 Å². The molecule has 0 fully saturated rings. The molecule has 0 atom stereocenters. The van der Waals surface area contributed by atoms with Crippen molar-refractivity contribution in [1.29, 1.82) is 0 Å². The van der Waals surface area contributed by atoms with Crippen LogP contribution in [0, 0.1) is 0 Å². The largest absolute Gasteiger partial charge is 0.449 e. The lowest BCUT2D eigenvalue weighted by Crippen LogP contribution is -2.23. The van der Waals surface area contributed by atoms with Gasteiger partial charge in [0.15, 0.2) is 0 Å². The SMILES string of the molecule is Cl.Cl.FC(F)(F)c1nc2c([nH]1)CNCC2. The standard InChI is InChI=1S/C7H8F3N3.2ClH/c8-7(9,10)6-12-4-1-2-11-3-5(4)13-6;;/h11H,1-3H2,(H,12,13);2*1H. The van der Waals surface area contributed by atoms with Crippen molar-refractivity contribution in [2.75, 3.05) is 6.54 Å². The maximum Gasteiger partial charge on any atom is 0.449 e. The van der Waals surface area contributed by atoms with Crippen molar-refractivity contribution in [3.63, 3.8) is 0 Å². The minimum atomic E-state index is -4.36. The Bertz CT molecular complexity index is 300. The van der Waals surface area contributed by atoms with E-state index in [0.717, 1.165) is 0 Å². The second kappa shape index (κ2) is 5.05. The van der Waals surface area contributed by atoms with E-state index < -0.39 is 12.0 Å². The van der Waals surface area contributed by atoms with E-state index in [1.54, 1.807) is 0 Å². The highest BCUT2D eigenvalue weighted by molar-refractivity contribution is 5.85. The first kappa shape index (κ1) is 14.5. The summed E-state index contributed by atoms with van der Waals surface area (Å²) in [4.78, 5) is 5.78. The lowest BCUT2D eigenvalue weighted by atomic mass is 10.2. The van der Waals surface area contributed by atoms with Gasteiger partial charge < -0.3 is 10.3 Å². The summed E-state index contributed by atoms with van der Waals surface area (Å²) >= 11 is 0. The van der Waals surface area contributed by atoms with E-state index in [4.69, 9.17) is 0 Å². The van der Waals surface area contributed by atoms with Crippen molar-refractivity contribution < 1.29 is 13.2 Å². The van der Waals surface area contributed by atoms with E-state index in [2.05, 4.69) is 15.3 Å². The van der Waals surface area contributed by atoms with Crippen molar-refractivity contribution >= 4 is 24.8 Å². The van der Waals surface area contributed by atoms with Gasteiger partial charge in [-0.3, -0.25) is 0 Å². The number of nitrogens with one attached hydrogen (secondary N) is 2. The van der Waals surface area contributed by atoms with Crippen LogP contribution in [0.2, 0.25) is 0 Å². The number of aromatic nitrogens is 2. The van der Waals surface area contributed by atoms with Gasteiger partial charge in [0.05, 0.1) is 11.4 Å². The third-order valence-electron chi connectivity index (χ3n) is 1.97. The number of hydrogen-bond donors (Lipinski definition) is 2. The number of nitrogens with zero attached hydrogens (tertiary/aromatic N) is 1. The molecule has 1 aliphatic heterocycles. The Hall–Kier alpha value is -0.460. The Balaban J connectivity index is 0.000000980. The van der Waals surface area contributed by atoms with Crippen LogP contribution in [0.25, 0.3) is 0 Å². The van der Waals surface area contributed by atoms with Crippen molar-refractivity contribution in [3.8, 4) is 0 Å². The molecular formula is C7H10Cl2F3N3. The van der Waals surface area contributed by atoms with Crippen molar-refractivity contribution in [2.24, 2.45) is 0 Å². The number of halogens is 5. The Kier molecular flexibility index (Phi) is 4.89. The van der Waals surface area contributed by atoms with Gasteiger partial charge in [-0.1, -0.05) is 0 Å². The fourth-order valence-corrected chi connectivity index (χ4v) is 1.35. The van der Waals surface area contributed by atoms with Crippen LogP contribution >= 0.6 is 24.8 Å². The van der Waals surface area contributed by atoms with Gasteiger partial charge in [0.1, 0.15) is 0 Å². The zero-order valence-electron chi connectivity index (χ0n) is 7.52. The number of alkyl halides is 3. The quantitative estimate of drug-likeness (QED) is 0.751. The molecule has 0 radical (unpaired) electrons. The third-order valence-corrected chi connectivity index (χ3v) is 1.97. The van der Waals surface area contributed by atoms with E-state index in [0.29, 0.717) is 30.9 Å². The monoisotopic (exact) mass is 263 g/mol. The van der Waals surface area contributed by atoms with Gasteiger partial charge in [0.25, 0.3) is 0 Å². The van der Waals surface area contributed by atoms with Crippen LogP contribution in [-0.4, -0.2) is 16.5 Å². The van der Waals surface area contributed by atoms with E-state index in [1.807, 2.05) is 0 Å². The van der Waals surface area contributed by atoms with Crippen LogP contribution in [0.4, 0.5) is 13.2 Å². The topological polar surface area (TPSA) is 40.7 Å². The predicted octanol–water partition coefficient (Wildman–Crippen LogP) is 1.92. The highest BCUT2D eigenvalue weighted by atomic mass is 35.5. The fourth-order valence-electron chi connectivity index (χ4n) is 1.35. The van der Waals surface area contributed by atoms with Gasteiger partial charge in [0, 0.05) is 19.5 Å². The fraction of sp³-hybridized carbons (Fsp3) is 0.571. The molecule has 8 heteroatoms. The maximum absolute atomic E-state index is 12.2. The zero-order chi connectivity index (χ0) is 9.47. The smallest absolute Gasteiger partial charge is 0.337 e. The lowest BCUT2D eigenvalue weighted by Gasteiger charge is -2.09. The second-order valence-corrected chi connectivity index (χ2v) is 2.94. The number of aromatic amines is 1. The lowest BCUT2D eigenvalue weighted by molar-refractivity contribution is -0.144. The molecule has 3 nitrogen and oxygen atoms in total. The summed E-state index contributed by atoms with van der Waals surface area (Å²) < 4.78 is 36.5. The molecule has 0 unspecified atom stereocenters. The van der Waals surface area contributed by atoms with Crippen LogP contribution in [0.15, 0.2) is 0 Å². The molecule has 1 aliphatic rings. The van der Waals surface area contributed by atoms with E-state index >= 15 is 0 Å². The first-order valence-electron chi connectivity index (χ1n) is 3.93. The van der Waals surface area contributed by atoms with Gasteiger partial charge >= 0.3 is 6.18 Å². The maximum atomic E-state index is 12.2. The molecule has 0 amide bonds. The molecule has 0 saturated heterocycles. The minimum Gasteiger partial charge on any atom is -0.337 e.